The molecule has 0 aliphatic carbocycles. The van der Waals surface area contributed by atoms with E-state index in [4.69, 9.17) is 4.74 Å². The van der Waals surface area contributed by atoms with E-state index in [9.17, 15) is 4.79 Å². The number of aryl methyl sites for hydroxylation is 3. The van der Waals surface area contributed by atoms with Crippen LogP contribution in [-0.4, -0.2) is 46.8 Å². The molecule has 2 aromatic rings. The third-order valence-electron chi connectivity index (χ3n) is 5.13. The third kappa shape index (κ3) is 5.02. The van der Waals surface area contributed by atoms with Gasteiger partial charge in [-0.05, 0) is 44.2 Å². The van der Waals surface area contributed by atoms with E-state index >= 15 is 0 Å². The average Bonchev–Trinajstić information content (AvgIpc) is 3.05. The monoisotopic (exact) mass is 392 g/mol. The quantitative estimate of drug-likeness (QED) is 0.850. The highest BCUT2D eigenvalue weighted by Crippen LogP contribution is 2.23. The molecule has 1 aliphatic rings. The summed E-state index contributed by atoms with van der Waals surface area (Å²) in [7, 11) is 3.67. The lowest BCUT2D eigenvalue weighted by Crippen LogP contribution is -2.46. The van der Waals surface area contributed by atoms with Gasteiger partial charge < -0.3 is 15.0 Å². The Morgan fingerprint density at radius 3 is 2.52 bits per heavy atom. The van der Waals surface area contributed by atoms with Crippen LogP contribution in [0, 0.1) is 13.8 Å². The fourth-order valence-electron chi connectivity index (χ4n) is 3.38. The van der Waals surface area contributed by atoms with E-state index in [2.05, 4.69) is 36.4 Å². The van der Waals surface area contributed by atoms with Gasteiger partial charge in [-0.25, -0.2) is 0 Å². The van der Waals surface area contributed by atoms with Crippen molar-refractivity contribution in [3.05, 3.63) is 47.3 Å². The van der Waals surface area contributed by atoms with Crippen LogP contribution in [0.5, 0.6) is 5.75 Å². The topological polar surface area (TPSA) is 59.4 Å². The number of benzene rings is 1. The predicted octanol–water partition coefficient (Wildman–Crippen LogP) is 2.79. The zero-order chi connectivity index (χ0) is 18.7. The fourth-order valence-corrected chi connectivity index (χ4v) is 3.38. The average molecular weight is 393 g/mol. The minimum Gasteiger partial charge on any atom is -0.490 e. The smallest absolute Gasteiger partial charge is 0.244 e. The Labute approximate surface area is 167 Å². The van der Waals surface area contributed by atoms with Gasteiger partial charge in [-0.3, -0.25) is 9.48 Å². The second-order valence-corrected chi connectivity index (χ2v) is 7.06. The van der Waals surface area contributed by atoms with Crippen molar-refractivity contribution < 1.29 is 9.53 Å². The number of likely N-dealkylation sites (tertiary alicyclic amines) is 1. The molecule has 1 unspecified atom stereocenters. The van der Waals surface area contributed by atoms with Gasteiger partial charge in [0.1, 0.15) is 17.9 Å². The van der Waals surface area contributed by atoms with Crippen LogP contribution in [0.2, 0.25) is 0 Å². The van der Waals surface area contributed by atoms with Crippen LogP contribution < -0.4 is 10.1 Å². The van der Waals surface area contributed by atoms with Crippen molar-refractivity contribution in [2.45, 2.75) is 38.8 Å². The van der Waals surface area contributed by atoms with E-state index in [1.165, 1.54) is 11.1 Å². The van der Waals surface area contributed by atoms with Gasteiger partial charge in [-0.2, -0.15) is 5.10 Å². The molecule has 3 rings (SSSR count). The molecule has 0 radical (unpaired) electrons. The van der Waals surface area contributed by atoms with Crippen molar-refractivity contribution in [3.8, 4) is 5.75 Å². The molecule has 7 heteroatoms. The minimum absolute atomic E-state index is 0. The number of carbonyl (C=O) groups excluding carboxylic acids is 1. The number of hydrogen-bond acceptors (Lipinski definition) is 4. The maximum atomic E-state index is 12.9. The number of aromatic nitrogens is 2. The van der Waals surface area contributed by atoms with Crippen molar-refractivity contribution in [2.24, 2.45) is 7.05 Å². The van der Waals surface area contributed by atoms with Gasteiger partial charge in [0.25, 0.3) is 0 Å². The Morgan fingerprint density at radius 1 is 1.26 bits per heavy atom. The van der Waals surface area contributed by atoms with Crippen molar-refractivity contribution >= 4 is 18.3 Å². The van der Waals surface area contributed by atoms with E-state index in [-0.39, 0.29) is 30.5 Å². The summed E-state index contributed by atoms with van der Waals surface area (Å²) in [5, 5.41) is 7.29. The van der Waals surface area contributed by atoms with E-state index in [1.54, 1.807) is 10.9 Å². The first-order chi connectivity index (χ1) is 12.5. The number of nitrogens with one attached hydrogen (secondary N) is 1. The van der Waals surface area contributed by atoms with Crippen LogP contribution in [0.15, 0.2) is 30.6 Å². The van der Waals surface area contributed by atoms with Crippen molar-refractivity contribution in [2.75, 3.05) is 20.1 Å². The van der Waals surface area contributed by atoms with Crippen molar-refractivity contribution in [1.82, 2.24) is 20.0 Å². The number of rotatable bonds is 5. The van der Waals surface area contributed by atoms with Gasteiger partial charge in [0.15, 0.2) is 0 Å². The Hall–Kier alpha value is -2.05. The van der Waals surface area contributed by atoms with Crippen LogP contribution >= 0.6 is 12.4 Å². The molecule has 0 spiro atoms. The standard InChI is InChI=1S/C20H28N4O2.ClH/c1-14-5-6-18(11-15(14)2)26-17-7-9-24(10-8-17)20(25)19(21-3)16-12-22-23(4)13-16;/h5-6,11-13,17,19,21H,7-10H2,1-4H3;1H. The molecule has 1 aromatic heterocycles. The van der Waals surface area contributed by atoms with E-state index in [1.807, 2.05) is 31.3 Å². The zero-order valence-electron chi connectivity index (χ0n) is 16.4. The van der Waals surface area contributed by atoms with Crippen LogP contribution in [0.25, 0.3) is 0 Å². The molecule has 1 atom stereocenters. The molecule has 6 nitrogen and oxygen atoms in total. The number of likely N-dealkylation sites (N-methyl/N-ethyl adjacent to an activating group) is 1. The lowest BCUT2D eigenvalue weighted by atomic mass is 10.0. The van der Waals surface area contributed by atoms with Gasteiger partial charge in [0.2, 0.25) is 5.91 Å². The van der Waals surface area contributed by atoms with Gasteiger partial charge >= 0.3 is 0 Å². The molecule has 1 amide bonds. The Morgan fingerprint density at radius 2 is 1.96 bits per heavy atom. The largest absolute Gasteiger partial charge is 0.490 e. The molecule has 2 heterocycles. The molecular formula is C20H29ClN4O2. The third-order valence-corrected chi connectivity index (χ3v) is 5.13. The van der Waals surface area contributed by atoms with E-state index in [0.29, 0.717) is 13.1 Å². The number of piperidine rings is 1. The van der Waals surface area contributed by atoms with Crippen molar-refractivity contribution in [3.63, 3.8) is 0 Å². The summed E-state index contributed by atoms with van der Waals surface area (Å²) in [6.07, 6.45) is 5.49. The number of ether oxygens (including phenoxy) is 1. The maximum Gasteiger partial charge on any atom is 0.244 e. The molecule has 1 saturated heterocycles. The SMILES string of the molecule is CNC(C(=O)N1CCC(Oc2ccc(C)c(C)c2)CC1)c1cnn(C)c1.Cl. The summed E-state index contributed by atoms with van der Waals surface area (Å²) in [6.45, 7) is 5.63. The molecule has 27 heavy (non-hydrogen) atoms. The normalized spacial score (nSPS) is 15.9. The lowest BCUT2D eigenvalue weighted by molar-refractivity contribution is -0.135. The number of halogens is 1. The van der Waals surface area contributed by atoms with E-state index < -0.39 is 0 Å². The summed E-state index contributed by atoms with van der Waals surface area (Å²) in [5.74, 6) is 1.02. The van der Waals surface area contributed by atoms with E-state index in [0.717, 1.165) is 24.2 Å². The van der Waals surface area contributed by atoms with Crippen LogP contribution in [0.1, 0.15) is 35.6 Å². The highest BCUT2D eigenvalue weighted by Gasteiger charge is 2.29. The Balaban J connectivity index is 0.00000261. The first-order valence-corrected chi connectivity index (χ1v) is 9.16. The highest BCUT2D eigenvalue weighted by atomic mass is 35.5. The Bertz CT molecular complexity index is 769. The summed E-state index contributed by atoms with van der Waals surface area (Å²) in [5.41, 5.74) is 3.41. The predicted molar refractivity (Wildman–Crippen MR) is 108 cm³/mol. The maximum absolute atomic E-state index is 12.9. The Kier molecular flexibility index (Phi) is 7.27. The van der Waals surface area contributed by atoms with Gasteiger partial charge in [0, 0.05) is 44.7 Å². The van der Waals surface area contributed by atoms with Crippen LogP contribution in [0.4, 0.5) is 0 Å². The summed E-state index contributed by atoms with van der Waals surface area (Å²) < 4.78 is 7.85. The molecule has 1 N–H and O–H groups in total. The van der Waals surface area contributed by atoms with Crippen LogP contribution in [0.3, 0.4) is 0 Å². The van der Waals surface area contributed by atoms with Gasteiger partial charge in [-0.1, -0.05) is 6.07 Å². The summed E-state index contributed by atoms with van der Waals surface area (Å²) in [4.78, 5) is 14.8. The van der Waals surface area contributed by atoms with Gasteiger partial charge in [0.05, 0.1) is 6.20 Å². The lowest BCUT2D eigenvalue weighted by Gasteiger charge is -2.34. The number of amides is 1. The number of nitrogens with zero attached hydrogens (tertiary/aromatic N) is 3. The van der Waals surface area contributed by atoms with Gasteiger partial charge in [-0.15, -0.1) is 12.4 Å². The van der Waals surface area contributed by atoms with Crippen LogP contribution in [-0.2, 0) is 11.8 Å². The first kappa shape index (κ1) is 21.3. The number of carbonyl (C=O) groups is 1. The zero-order valence-corrected chi connectivity index (χ0v) is 17.3. The van der Waals surface area contributed by atoms with Crippen molar-refractivity contribution in [1.29, 1.82) is 0 Å². The molecule has 1 fully saturated rings. The molecule has 1 aromatic carbocycles. The molecule has 0 bridgehead atoms. The molecule has 1 aliphatic heterocycles. The second-order valence-electron chi connectivity index (χ2n) is 7.06. The second kappa shape index (κ2) is 9.24. The first-order valence-electron chi connectivity index (χ1n) is 9.16. The summed E-state index contributed by atoms with van der Waals surface area (Å²) >= 11 is 0. The minimum atomic E-state index is -0.346. The highest BCUT2D eigenvalue weighted by molar-refractivity contribution is 5.85. The molecule has 0 saturated carbocycles. The molecular weight excluding hydrogens is 364 g/mol. The number of hydrogen-bond donors (Lipinski definition) is 1. The summed E-state index contributed by atoms with van der Waals surface area (Å²) in [6, 6.07) is 5.86. The fraction of sp³-hybridized carbons (Fsp3) is 0.500. The molecule has 148 valence electrons.